The van der Waals surface area contributed by atoms with Crippen molar-refractivity contribution >= 4 is 5.78 Å². The average molecular weight is 234 g/mol. The number of carbonyl (C=O) groups excluding carboxylic acids is 1. The molecule has 0 N–H and O–H groups in total. The second kappa shape index (κ2) is 7.26. The smallest absolute Gasteiger partial charge is 0.153 e. The fraction of sp³-hybridized carbons (Fsp3) is 0.562. The van der Waals surface area contributed by atoms with Gasteiger partial charge < -0.3 is 0 Å². The molecule has 0 aliphatic heterocycles. The molecule has 0 fully saturated rings. The molecule has 0 heterocycles. The van der Waals surface area contributed by atoms with E-state index in [0.29, 0.717) is 11.8 Å². The first-order valence-corrected chi connectivity index (χ1v) is 6.33. The van der Waals surface area contributed by atoms with Gasteiger partial charge in [-0.2, -0.15) is 0 Å². The van der Waals surface area contributed by atoms with E-state index in [2.05, 4.69) is 53.7 Å². The summed E-state index contributed by atoms with van der Waals surface area (Å²) in [6.07, 6.45) is 6.14. The van der Waals surface area contributed by atoms with Crippen molar-refractivity contribution in [3.8, 4) is 0 Å². The van der Waals surface area contributed by atoms with Crippen LogP contribution >= 0.6 is 0 Å². The van der Waals surface area contributed by atoms with Gasteiger partial charge in [-0.05, 0) is 55.4 Å². The summed E-state index contributed by atoms with van der Waals surface area (Å²) in [5.41, 5.74) is 3.44. The van der Waals surface area contributed by atoms with E-state index in [9.17, 15) is 4.79 Å². The Morgan fingerprint density at radius 3 is 1.41 bits per heavy atom. The van der Waals surface area contributed by atoms with Crippen LogP contribution in [0.1, 0.15) is 48.5 Å². The first kappa shape index (κ1) is 15.9. The largest absolute Gasteiger partial charge is 0.295 e. The van der Waals surface area contributed by atoms with Gasteiger partial charge in [0.1, 0.15) is 0 Å². The first-order valence-electron chi connectivity index (χ1n) is 6.33. The highest BCUT2D eigenvalue weighted by Gasteiger charge is 2.06. The molecule has 0 rings (SSSR count). The summed E-state index contributed by atoms with van der Waals surface area (Å²) in [5.74, 6) is 1.10. The molecule has 0 spiro atoms. The Morgan fingerprint density at radius 1 is 0.824 bits per heavy atom. The number of hydrogen-bond acceptors (Lipinski definition) is 1. The van der Waals surface area contributed by atoms with Crippen molar-refractivity contribution in [2.75, 3.05) is 0 Å². The third-order valence-corrected chi connectivity index (χ3v) is 2.36. The summed E-state index contributed by atoms with van der Waals surface area (Å²) in [7, 11) is 0. The SMILES string of the molecule is CC(=O)C=C(/C(C)=C/C(C)C)/C(C)=C/C(C)C. The molecule has 0 unspecified atom stereocenters. The molecule has 0 saturated carbocycles. The lowest BCUT2D eigenvalue weighted by molar-refractivity contribution is -0.112. The minimum atomic E-state index is 0.105. The molecule has 0 aliphatic rings. The van der Waals surface area contributed by atoms with Gasteiger partial charge in [0.05, 0.1) is 0 Å². The van der Waals surface area contributed by atoms with Gasteiger partial charge in [0.2, 0.25) is 0 Å². The number of allylic oxidation sites excluding steroid dienone is 6. The fourth-order valence-corrected chi connectivity index (χ4v) is 1.92. The van der Waals surface area contributed by atoms with Crippen molar-refractivity contribution in [1.29, 1.82) is 0 Å². The zero-order valence-electron chi connectivity index (χ0n) is 12.3. The van der Waals surface area contributed by atoms with E-state index in [4.69, 9.17) is 0 Å². The highest BCUT2D eigenvalue weighted by molar-refractivity contribution is 5.89. The molecule has 96 valence electrons. The number of hydrogen-bond donors (Lipinski definition) is 0. The van der Waals surface area contributed by atoms with Gasteiger partial charge in [-0.3, -0.25) is 4.79 Å². The zero-order chi connectivity index (χ0) is 13.6. The number of rotatable bonds is 5. The maximum absolute atomic E-state index is 11.3. The summed E-state index contributed by atoms with van der Waals surface area (Å²) in [6.45, 7) is 14.4. The second-order valence-electron chi connectivity index (χ2n) is 5.36. The molecule has 0 aromatic heterocycles. The average Bonchev–Trinajstić information content (AvgIpc) is 2.11. The Hall–Kier alpha value is -1.11. The first-order chi connectivity index (χ1) is 7.73. The van der Waals surface area contributed by atoms with Crippen LogP contribution in [0, 0.1) is 11.8 Å². The fourth-order valence-electron chi connectivity index (χ4n) is 1.92. The molecule has 1 heteroatoms. The predicted octanol–water partition coefficient (Wildman–Crippen LogP) is 4.71. The third-order valence-electron chi connectivity index (χ3n) is 2.36. The highest BCUT2D eigenvalue weighted by atomic mass is 16.1. The lowest BCUT2D eigenvalue weighted by Crippen LogP contribution is -1.97. The van der Waals surface area contributed by atoms with Crippen molar-refractivity contribution in [2.24, 2.45) is 11.8 Å². The Labute approximate surface area is 106 Å². The lowest BCUT2D eigenvalue weighted by atomic mass is 9.94. The van der Waals surface area contributed by atoms with Crippen LogP contribution in [0.25, 0.3) is 0 Å². The van der Waals surface area contributed by atoms with Crippen LogP contribution < -0.4 is 0 Å². The van der Waals surface area contributed by atoms with Gasteiger partial charge in [0, 0.05) is 0 Å². The molecule has 0 radical (unpaired) electrons. The molecular formula is C16H26O. The van der Waals surface area contributed by atoms with Gasteiger partial charge in [0.25, 0.3) is 0 Å². The van der Waals surface area contributed by atoms with E-state index in [0.717, 1.165) is 5.57 Å². The summed E-state index contributed by atoms with van der Waals surface area (Å²) in [5, 5.41) is 0. The molecule has 0 aromatic rings. The quantitative estimate of drug-likeness (QED) is 0.497. The maximum Gasteiger partial charge on any atom is 0.153 e. The van der Waals surface area contributed by atoms with Crippen LogP contribution in [0.4, 0.5) is 0 Å². The highest BCUT2D eigenvalue weighted by Crippen LogP contribution is 2.22. The van der Waals surface area contributed by atoms with Gasteiger partial charge in [-0.25, -0.2) is 0 Å². The van der Waals surface area contributed by atoms with Gasteiger partial charge in [-0.15, -0.1) is 0 Å². The van der Waals surface area contributed by atoms with Crippen molar-refractivity contribution < 1.29 is 4.79 Å². The van der Waals surface area contributed by atoms with Crippen molar-refractivity contribution in [2.45, 2.75) is 48.5 Å². The molecule has 0 atom stereocenters. The molecule has 0 aliphatic carbocycles. The normalized spacial score (nSPS) is 13.2. The number of ketones is 1. The van der Waals surface area contributed by atoms with Crippen molar-refractivity contribution in [1.82, 2.24) is 0 Å². The minimum absolute atomic E-state index is 0.105. The Morgan fingerprint density at radius 2 is 1.18 bits per heavy atom. The van der Waals surface area contributed by atoms with Crippen molar-refractivity contribution in [3.63, 3.8) is 0 Å². The summed E-state index contributed by atoms with van der Waals surface area (Å²) >= 11 is 0. The van der Waals surface area contributed by atoms with E-state index >= 15 is 0 Å². The van der Waals surface area contributed by atoms with Crippen LogP contribution in [0.15, 0.2) is 34.9 Å². The van der Waals surface area contributed by atoms with Crippen LogP contribution in [-0.4, -0.2) is 5.78 Å². The van der Waals surface area contributed by atoms with Crippen LogP contribution in [0.5, 0.6) is 0 Å². The Kier molecular flexibility index (Phi) is 6.79. The Bertz CT molecular complexity index is 326. The van der Waals surface area contributed by atoms with E-state index in [-0.39, 0.29) is 5.78 Å². The van der Waals surface area contributed by atoms with Crippen LogP contribution in [0.2, 0.25) is 0 Å². The lowest BCUT2D eigenvalue weighted by Gasteiger charge is -2.11. The van der Waals surface area contributed by atoms with Gasteiger partial charge >= 0.3 is 0 Å². The monoisotopic (exact) mass is 234 g/mol. The second-order valence-corrected chi connectivity index (χ2v) is 5.36. The van der Waals surface area contributed by atoms with Crippen molar-refractivity contribution in [3.05, 3.63) is 34.9 Å². The summed E-state index contributed by atoms with van der Waals surface area (Å²) in [6, 6.07) is 0. The minimum Gasteiger partial charge on any atom is -0.295 e. The predicted molar refractivity (Wildman–Crippen MR) is 76.0 cm³/mol. The summed E-state index contributed by atoms with van der Waals surface area (Å²) in [4.78, 5) is 11.3. The van der Waals surface area contributed by atoms with E-state index in [1.54, 1.807) is 13.0 Å². The number of carbonyl (C=O) groups is 1. The molecule has 1 nitrogen and oxygen atoms in total. The maximum atomic E-state index is 11.3. The Balaban J connectivity index is 5.38. The van der Waals surface area contributed by atoms with Gasteiger partial charge in [-0.1, -0.05) is 39.8 Å². The van der Waals surface area contributed by atoms with Crippen LogP contribution in [-0.2, 0) is 4.79 Å². The van der Waals surface area contributed by atoms with E-state index < -0.39 is 0 Å². The molecule has 0 saturated heterocycles. The molecular weight excluding hydrogens is 208 g/mol. The molecule has 0 aromatic carbocycles. The molecule has 0 amide bonds. The van der Waals surface area contributed by atoms with E-state index in [1.165, 1.54) is 11.1 Å². The standard InChI is InChI=1S/C16H26O/c1-11(2)8-13(5)16(10-15(7)17)14(6)9-12(3)4/h8-12H,1-7H3/b13-8+,14-9+. The summed E-state index contributed by atoms with van der Waals surface area (Å²) < 4.78 is 0. The topological polar surface area (TPSA) is 17.1 Å². The van der Waals surface area contributed by atoms with Gasteiger partial charge in [0.15, 0.2) is 5.78 Å². The van der Waals surface area contributed by atoms with Crippen LogP contribution in [0.3, 0.4) is 0 Å². The van der Waals surface area contributed by atoms with E-state index in [1.807, 2.05) is 0 Å². The third kappa shape index (κ3) is 6.93. The zero-order valence-corrected chi connectivity index (χ0v) is 12.3. The molecule has 17 heavy (non-hydrogen) atoms. The molecule has 0 bridgehead atoms.